The number of rotatable bonds is 14. The SMILES string of the molecule is OCCCC1CCc2c(ncn2C(c2ccccc2)(c2ccccc2)c2ccccc2)C1.OCCCC1CCc2ncn(C(c3ccccc3)(c3ccccc3)c3ccccc3)c2C1. The summed E-state index contributed by atoms with van der Waals surface area (Å²) >= 11 is 0. The van der Waals surface area contributed by atoms with Crippen molar-refractivity contribution in [1.29, 1.82) is 0 Å². The van der Waals surface area contributed by atoms with Gasteiger partial charge >= 0.3 is 0 Å². The molecule has 0 aliphatic heterocycles. The van der Waals surface area contributed by atoms with Gasteiger partial charge in [0, 0.05) is 24.6 Å². The molecule has 6 aromatic carbocycles. The molecule has 6 heteroatoms. The van der Waals surface area contributed by atoms with Gasteiger partial charge in [-0.25, -0.2) is 9.97 Å². The topological polar surface area (TPSA) is 76.1 Å². The van der Waals surface area contributed by atoms with Crippen molar-refractivity contribution < 1.29 is 10.2 Å². The summed E-state index contributed by atoms with van der Waals surface area (Å²) in [6.45, 7) is 0.543. The van der Waals surface area contributed by atoms with Gasteiger partial charge in [-0.2, -0.15) is 0 Å². The van der Waals surface area contributed by atoms with Crippen molar-refractivity contribution in [3.05, 3.63) is 251 Å². The molecular weight excluding hydrogens is 785 g/mol. The van der Waals surface area contributed by atoms with Crippen LogP contribution in [-0.2, 0) is 36.8 Å². The third-order valence-corrected chi connectivity index (χ3v) is 13.9. The lowest BCUT2D eigenvalue weighted by Crippen LogP contribution is -2.39. The van der Waals surface area contributed by atoms with E-state index in [1.807, 2.05) is 0 Å². The summed E-state index contributed by atoms with van der Waals surface area (Å²) in [5, 5.41) is 18.6. The molecule has 0 bridgehead atoms. The van der Waals surface area contributed by atoms with Crippen molar-refractivity contribution in [3.8, 4) is 0 Å². The molecule has 2 unspecified atom stereocenters. The van der Waals surface area contributed by atoms with Gasteiger partial charge < -0.3 is 19.3 Å². The Balaban J connectivity index is 0.000000162. The number of benzene rings is 6. The van der Waals surface area contributed by atoms with Crippen molar-refractivity contribution in [2.45, 2.75) is 75.3 Å². The van der Waals surface area contributed by atoms with Gasteiger partial charge in [0.15, 0.2) is 0 Å². The minimum Gasteiger partial charge on any atom is -0.396 e. The lowest BCUT2D eigenvalue weighted by molar-refractivity contribution is 0.264. The van der Waals surface area contributed by atoms with Gasteiger partial charge in [0.05, 0.1) is 24.0 Å². The Morgan fingerprint density at radius 1 is 0.406 bits per heavy atom. The van der Waals surface area contributed by atoms with Crippen LogP contribution in [0.1, 0.15) is 94.7 Å². The molecule has 64 heavy (non-hydrogen) atoms. The van der Waals surface area contributed by atoms with E-state index >= 15 is 0 Å². The van der Waals surface area contributed by atoms with Gasteiger partial charge in [0.1, 0.15) is 11.1 Å². The molecule has 0 saturated heterocycles. The van der Waals surface area contributed by atoms with Gasteiger partial charge in [-0.15, -0.1) is 0 Å². The molecule has 2 atom stereocenters. The Morgan fingerprint density at radius 2 is 0.734 bits per heavy atom. The number of fused-ring (bicyclic) bond motifs is 2. The van der Waals surface area contributed by atoms with E-state index in [4.69, 9.17) is 9.97 Å². The van der Waals surface area contributed by atoms with Crippen molar-refractivity contribution in [2.75, 3.05) is 13.2 Å². The van der Waals surface area contributed by atoms with Crippen LogP contribution in [-0.4, -0.2) is 42.5 Å². The first-order valence-electron chi connectivity index (χ1n) is 23.3. The zero-order chi connectivity index (χ0) is 43.6. The van der Waals surface area contributed by atoms with Gasteiger partial charge in [-0.05, 0) is 109 Å². The highest BCUT2D eigenvalue weighted by Crippen LogP contribution is 2.45. The monoisotopic (exact) mass is 844 g/mol. The van der Waals surface area contributed by atoms with Crippen LogP contribution in [0.3, 0.4) is 0 Å². The normalized spacial score (nSPS) is 16.0. The average Bonchev–Trinajstić information content (AvgIpc) is 4.00. The van der Waals surface area contributed by atoms with Gasteiger partial charge in [-0.1, -0.05) is 182 Å². The van der Waals surface area contributed by atoms with Gasteiger partial charge in [-0.3, -0.25) is 0 Å². The summed E-state index contributed by atoms with van der Waals surface area (Å²) in [5.41, 5.74) is 11.5. The number of imidazole rings is 2. The Morgan fingerprint density at radius 3 is 1.11 bits per heavy atom. The molecule has 2 aromatic heterocycles. The molecule has 324 valence electrons. The summed E-state index contributed by atoms with van der Waals surface area (Å²) in [5.74, 6) is 1.20. The second kappa shape index (κ2) is 20.0. The second-order valence-electron chi connectivity index (χ2n) is 17.6. The molecular formula is C58H60N4O2. The van der Waals surface area contributed by atoms with Gasteiger partial charge in [0.2, 0.25) is 0 Å². The van der Waals surface area contributed by atoms with Crippen molar-refractivity contribution in [2.24, 2.45) is 11.8 Å². The summed E-state index contributed by atoms with van der Waals surface area (Å²) in [6.07, 6.45) is 14.3. The van der Waals surface area contributed by atoms with E-state index in [0.29, 0.717) is 11.8 Å². The third-order valence-electron chi connectivity index (χ3n) is 13.9. The first-order valence-corrected chi connectivity index (χ1v) is 23.3. The average molecular weight is 845 g/mol. The summed E-state index contributed by atoms with van der Waals surface area (Å²) < 4.78 is 4.87. The van der Waals surface area contributed by atoms with Crippen molar-refractivity contribution >= 4 is 0 Å². The largest absolute Gasteiger partial charge is 0.396 e. The second-order valence-corrected chi connectivity index (χ2v) is 17.6. The highest BCUT2D eigenvalue weighted by atomic mass is 16.3. The molecule has 0 radical (unpaired) electrons. The predicted octanol–water partition coefficient (Wildman–Crippen LogP) is 11.2. The standard InChI is InChI=1S/2C29H30N2O/c32-20-10-11-23-18-19-28-27(21-23)30-22-31(28)29(24-12-4-1-5-13-24,25-14-6-2-7-15-25)26-16-8-3-9-17-26;32-20-10-11-23-18-19-27-28(21-23)31(22-30-27)29(24-12-4-1-5-13-24,25-14-6-2-7-15-25)26-16-8-3-9-17-26/h2*1-9,12-17,22-23,32H,10-11,18-21H2. The van der Waals surface area contributed by atoms with Crippen LogP contribution in [0.4, 0.5) is 0 Å². The predicted molar refractivity (Wildman–Crippen MR) is 257 cm³/mol. The molecule has 0 amide bonds. The first-order chi connectivity index (χ1) is 31.7. The van der Waals surface area contributed by atoms with Gasteiger partial charge in [0.25, 0.3) is 0 Å². The summed E-state index contributed by atoms with van der Waals surface area (Å²) in [6, 6.07) is 64.9. The van der Waals surface area contributed by atoms with Crippen LogP contribution in [0.5, 0.6) is 0 Å². The number of aromatic nitrogens is 4. The first kappa shape index (κ1) is 42.9. The highest BCUT2D eigenvalue weighted by molar-refractivity contribution is 5.53. The molecule has 0 spiro atoms. The minimum atomic E-state index is -0.497. The van der Waals surface area contributed by atoms with E-state index in [-0.39, 0.29) is 13.2 Å². The molecule has 2 aliphatic carbocycles. The van der Waals surface area contributed by atoms with E-state index < -0.39 is 11.1 Å². The molecule has 6 nitrogen and oxygen atoms in total. The highest BCUT2D eigenvalue weighted by Gasteiger charge is 2.42. The van der Waals surface area contributed by atoms with Crippen LogP contribution in [0.2, 0.25) is 0 Å². The molecule has 0 fully saturated rings. The minimum absolute atomic E-state index is 0.268. The lowest BCUT2D eigenvalue weighted by Gasteiger charge is -2.39. The number of aliphatic hydroxyl groups is 2. The molecule has 0 saturated carbocycles. The van der Waals surface area contributed by atoms with E-state index in [2.05, 4.69) is 204 Å². The Bertz CT molecular complexity index is 2450. The fourth-order valence-corrected chi connectivity index (χ4v) is 10.9. The quantitative estimate of drug-likeness (QED) is 0.107. The summed E-state index contributed by atoms with van der Waals surface area (Å²) in [7, 11) is 0. The van der Waals surface area contributed by atoms with Crippen LogP contribution in [0.25, 0.3) is 0 Å². The zero-order valence-corrected chi connectivity index (χ0v) is 36.8. The molecule has 2 aliphatic rings. The number of hydrogen-bond acceptors (Lipinski definition) is 4. The van der Waals surface area contributed by atoms with E-state index in [0.717, 1.165) is 64.2 Å². The third kappa shape index (κ3) is 8.29. The fourth-order valence-electron chi connectivity index (χ4n) is 10.9. The van der Waals surface area contributed by atoms with Crippen LogP contribution >= 0.6 is 0 Å². The molecule has 2 heterocycles. The molecule has 10 rings (SSSR count). The Kier molecular flexibility index (Phi) is 13.4. The maximum Gasteiger partial charge on any atom is 0.121 e. The number of nitrogens with zero attached hydrogens (tertiary/aromatic N) is 4. The zero-order valence-electron chi connectivity index (χ0n) is 36.8. The lowest BCUT2D eigenvalue weighted by atomic mass is 9.76. The van der Waals surface area contributed by atoms with Crippen LogP contribution in [0, 0.1) is 11.8 Å². The van der Waals surface area contributed by atoms with Crippen molar-refractivity contribution in [3.63, 3.8) is 0 Å². The number of aliphatic hydroxyl groups excluding tert-OH is 2. The number of aryl methyl sites for hydroxylation is 1. The fraction of sp³-hybridized carbons (Fsp3) is 0.276. The molecule has 2 N–H and O–H groups in total. The maximum atomic E-state index is 9.36. The van der Waals surface area contributed by atoms with E-state index in [1.54, 1.807) is 0 Å². The van der Waals surface area contributed by atoms with Crippen LogP contribution < -0.4 is 0 Å². The summed E-state index contributed by atoms with van der Waals surface area (Å²) in [4.78, 5) is 9.89. The van der Waals surface area contributed by atoms with Crippen LogP contribution in [0.15, 0.2) is 195 Å². The molecule has 8 aromatic rings. The van der Waals surface area contributed by atoms with Crippen molar-refractivity contribution in [1.82, 2.24) is 19.1 Å². The Hall–Kier alpha value is -6.34. The maximum absolute atomic E-state index is 9.36. The Labute approximate surface area is 379 Å². The van der Waals surface area contributed by atoms with E-state index in [1.165, 1.54) is 56.2 Å². The number of hydrogen-bond donors (Lipinski definition) is 2. The van der Waals surface area contributed by atoms with E-state index in [9.17, 15) is 10.2 Å². The smallest absolute Gasteiger partial charge is 0.121 e.